The molecular weight excluding hydrogens is 436 g/mol. The average molecular weight is 463 g/mol. The maximum Gasteiger partial charge on any atom is 0.279 e. The van der Waals surface area contributed by atoms with Gasteiger partial charge in [0.25, 0.3) is 11.5 Å². The number of aromatic nitrogens is 5. The highest BCUT2D eigenvalue weighted by Crippen LogP contribution is 2.23. The molecule has 4 aromatic heterocycles. The zero-order valence-electron chi connectivity index (χ0n) is 18.9. The van der Waals surface area contributed by atoms with E-state index in [-0.39, 0.29) is 17.5 Å². The smallest absolute Gasteiger partial charge is 0.279 e. The van der Waals surface area contributed by atoms with Crippen LogP contribution in [-0.4, -0.2) is 55.4 Å². The SMILES string of the molecule is CNc1cc(Nc2cccn(-c3ccccn3)c2=O)nn2c(C(=O)NC3CCC3)cnc12.CO. The highest BCUT2D eigenvalue weighted by atomic mass is 16.2. The van der Waals surface area contributed by atoms with Crippen LogP contribution in [0.1, 0.15) is 29.8 Å². The van der Waals surface area contributed by atoms with E-state index in [0.717, 1.165) is 26.4 Å². The van der Waals surface area contributed by atoms with E-state index in [1.807, 2.05) is 6.07 Å². The minimum absolute atomic E-state index is 0.201. The predicted octanol–water partition coefficient (Wildman–Crippen LogP) is 1.95. The van der Waals surface area contributed by atoms with E-state index in [1.165, 1.54) is 15.3 Å². The van der Waals surface area contributed by atoms with Gasteiger partial charge in [0, 0.05) is 38.7 Å². The molecule has 0 saturated heterocycles. The van der Waals surface area contributed by atoms with Crippen LogP contribution in [0.5, 0.6) is 0 Å². The second kappa shape index (κ2) is 10.1. The van der Waals surface area contributed by atoms with Gasteiger partial charge in [-0.15, -0.1) is 5.10 Å². The molecule has 0 bridgehead atoms. The molecule has 34 heavy (non-hydrogen) atoms. The maximum absolute atomic E-state index is 13.0. The quantitative estimate of drug-likeness (QED) is 0.341. The molecule has 4 aromatic rings. The molecule has 0 aromatic carbocycles. The van der Waals surface area contributed by atoms with Crippen molar-refractivity contribution in [1.29, 1.82) is 0 Å². The van der Waals surface area contributed by atoms with Crippen LogP contribution in [0.25, 0.3) is 11.5 Å². The minimum Gasteiger partial charge on any atom is -0.400 e. The van der Waals surface area contributed by atoms with Gasteiger partial charge in [-0.25, -0.2) is 14.5 Å². The second-order valence-corrected chi connectivity index (χ2v) is 7.58. The van der Waals surface area contributed by atoms with Gasteiger partial charge in [0.15, 0.2) is 17.2 Å². The van der Waals surface area contributed by atoms with Crippen LogP contribution in [0.15, 0.2) is 59.8 Å². The number of nitrogens with one attached hydrogen (secondary N) is 3. The predicted molar refractivity (Wildman–Crippen MR) is 129 cm³/mol. The van der Waals surface area contributed by atoms with Gasteiger partial charge in [0.1, 0.15) is 11.5 Å². The molecule has 0 atom stereocenters. The van der Waals surface area contributed by atoms with Crippen molar-refractivity contribution in [1.82, 2.24) is 29.5 Å². The Morgan fingerprint density at radius 2 is 1.94 bits per heavy atom. The van der Waals surface area contributed by atoms with Crippen molar-refractivity contribution >= 4 is 28.7 Å². The number of fused-ring (bicyclic) bond motifs is 1. The lowest BCUT2D eigenvalue weighted by atomic mass is 9.93. The first kappa shape index (κ1) is 22.9. The Hall–Kier alpha value is -4.25. The number of carbonyl (C=O) groups is 1. The van der Waals surface area contributed by atoms with E-state index >= 15 is 0 Å². The topological polar surface area (TPSA) is 138 Å². The van der Waals surface area contributed by atoms with Gasteiger partial charge < -0.3 is 21.1 Å². The van der Waals surface area contributed by atoms with Crippen molar-refractivity contribution < 1.29 is 9.90 Å². The monoisotopic (exact) mass is 462 g/mol. The molecule has 1 saturated carbocycles. The first-order chi connectivity index (χ1) is 16.6. The molecule has 0 spiro atoms. The molecule has 0 aliphatic heterocycles. The van der Waals surface area contributed by atoms with E-state index in [4.69, 9.17) is 5.11 Å². The Kier molecular flexibility index (Phi) is 6.83. The largest absolute Gasteiger partial charge is 0.400 e. The molecule has 4 N–H and O–H groups in total. The third kappa shape index (κ3) is 4.46. The standard InChI is InChI=1S/C22H22N8O2.CH4O/c1-23-16-12-18(27-15-8-5-11-29(22(15)32)19-9-2-3-10-24-19)28-30-17(13-25-20(16)30)21(31)26-14-6-4-7-14;1-2/h2-3,5,8-14,23H,4,6-7H2,1H3,(H,26,31)(H,27,28);2H,1H3. The van der Waals surface area contributed by atoms with Gasteiger partial charge in [0.2, 0.25) is 0 Å². The van der Waals surface area contributed by atoms with Gasteiger partial charge in [-0.2, -0.15) is 0 Å². The van der Waals surface area contributed by atoms with Crippen LogP contribution in [0.3, 0.4) is 0 Å². The molecule has 5 rings (SSSR count). The summed E-state index contributed by atoms with van der Waals surface area (Å²) in [6, 6.07) is 10.7. The normalized spacial score (nSPS) is 12.9. The molecule has 0 unspecified atom stereocenters. The number of aliphatic hydroxyl groups excluding tert-OH is 1. The van der Waals surface area contributed by atoms with Crippen LogP contribution in [0, 0.1) is 0 Å². The summed E-state index contributed by atoms with van der Waals surface area (Å²) in [5.74, 6) is 0.699. The van der Waals surface area contributed by atoms with Crippen LogP contribution in [0.4, 0.5) is 17.2 Å². The molecule has 11 heteroatoms. The number of pyridine rings is 2. The lowest BCUT2D eigenvalue weighted by Crippen LogP contribution is -2.40. The summed E-state index contributed by atoms with van der Waals surface area (Å²) in [6.45, 7) is 0. The molecule has 1 fully saturated rings. The third-order valence-electron chi connectivity index (χ3n) is 5.52. The zero-order chi connectivity index (χ0) is 24.1. The summed E-state index contributed by atoms with van der Waals surface area (Å²) in [5, 5.41) is 20.7. The highest BCUT2D eigenvalue weighted by molar-refractivity contribution is 5.94. The number of imidazole rings is 1. The van der Waals surface area contributed by atoms with Gasteiger partial charge in [-0.3, -0.25) is 14.2 Å². The number of amides is 1. The fourth-order valence-corrected chi connectivity index (χ4v) is 3.58. The van der Waals surface area contributed by atoms with Gasteiger partial charge in [-0.1, -0.05) is 6.07 Å². The zero-order valence-corrected chi connectivity index (χ0v) is 18.9. The third-order valence-corrected chi connectivity index (χ3v) is 5.52. The van der Waals surface area contributed by atoms with Crippen molar-refractivity contribution in [2.75, 3.05) is 24.8 Å². The van der Waals surface area contributed by atoms with Crippen LogP contribution < -0.4 is 21.5 Å². The summed E-state index contributed by atoms with van der Waals surface area (Å²) < 4.78 is 2.94. The van der Waals surface area contributed by atoms with Crippen molar-refractivity contribution in [3.8, 4) is 5.82 Å². The Bertz CT molecular complexity index is 1350. The Labute approximate surface area is 195 Å². The number of hydrogen-bond donors (Lipinski definition) is 4. The van der Waals surface area contributed by atoms with Gasteiger partial charge in [0.05, 0.1) is 11.9 Å². The number of anilines is 3. The molecule has 1 aliphatic rings. The molecule has 176 valence electrons. The van der Waals surface area contributed by atoms with Crippen molar-refractivity contribution in [2.45, 2.75) is 25.3 Å². The first-order valence-corrected chi connectivity index (χ1v) is 10.9. The highest BCUT2D eigenvalue weighted by Gasteiger charge is 2.23. The summed E-state index contributed by atoms with van der Waals surface area (Å²) in [6.07, 6.45) is 7.90. The van der Waals surface area contributed by atoms with Gasteiger partial charge in [-0.05, 0) is 43.5 Å². The van der Waals surface area contributed by atoms with Crippen molar-refractivity contribution in [2.24, 2.45) is 0 Å². The molecular formula is C23H26N8O3. The van der Waals surface area contributed by atoms with Crippen molar-refractivity contribution in [3.05, 3.63) is 71.0 Å². The molecule has 4 heterocycles. The lowest BCUT2D eigenvalue weighted by Gasteiger charge is -2.26. The second-order valence-electron chi connectivity index (χ2n) is 7.58. The lowest BCUT2D eigenvalue weighted by molar-refractivity contribution is 0.0910. The number of hydrogen-bond acceptors (Lipinski definition) is 8. The van der Waals surface area contributed by atoms with Crippen LogP contribution in [-0.2, 0) is 0 Å². The van der Waals surface area contributed by atoms with Crippen LogP contribution >= 0.6 is 0 Å². The number of carbonyl (C=O) groups excluding carboxylic acids is 1. The average Bonchev–Trinajstić information content (AvgIpc) is 3.28. The minimum atomic E-state index is -0.271. The van der Waals surface area contributed by atoms with Crippen LogP contribution in [0.2, 0.25) is 0 Å². The van der Waals surface area contributed by atoms with E-state index in [1.54, 1.807) is 49.8 Å². The first-order valence-electron chi connectivity index (χ1n) is 10.9. The molecule has 11 nitrogen and oxygen atoms in total. The van der Waals surface area contributed by atoms with E-state index in [9.17, 15) is 9.59 Å². The fourth-order valence-electron chi connectivity index (χ4n) is 3.58. The van der Waals surface area contributed by atoms with Crippen molar-refractivity contribution in [3.63, 3.8) is 0 Å². The number of rotatable bonds is 6. The maximum atomic E-state index is 13.0. The molecule has 1 aliphatic carbocycles. The summed E-state index contributed by atoms with van der Waals surface area (Å²) in [5.41, 5.74) is 1.59. The van der Waals surface area contributed by atoms with E-state index in [0.29, 0.717) is 34.4 Å². The Balaban J connectivity index is 0.00000133. The molecule has 1 amide bonds. The Morgan fingerprint density at radius 3 is 2.62 bits per heavy atom. The Morgan fingerprint density at radius 1 is 1.12 bits per heavy atom. The molecule has 0 radical (unpaired) electrons. The van der Waals surface area contributed by atoms with E-state index < -0.39 is 0 Å². The summed E-state index contributed by atoms with van der Waals surface area (Å²) >= 11 is 0. The van der Waals surface area contributed by atoms with Gasteiger partial charge >= 0.3 is 0 Å². The summed E-state index contributed by atoms with van der Waals surface area (Å²) in [7, 11) is 2.76. The number of nitrogens with zero attached hydrogens (tertiary/aromatic N) is 5. The summed E-state index contributed by atoms with van der Waals surface area (Å²) in [4.78, 5) is 34.3. The fraction of sp³-hybridized carbons (Fsp3) is 0.261. The van der Waals surface area contributed by atoms with E-state index in [2.05, 4.69) is 31.0 Å². The number of aliphatic hydroxyl groups is 1.